The van der Waals surface area contributed by atoms with E-state index < -0.39 is 0 Å². The van der Waals surface area contributed by atoms with Crippen molar-refractivity contribution in [1.29, 1.82) is 0 Å². The first-order chi connectivity index (χ1) is 13.2. The van der Waals surface area contributed by atoms with Gasteiger partial charge >= 0.3 is 0 Å². The third-order valence-corrected chi connectivity index (χ3v) is 6.38. The highest BCUT2D eigenvalue weighted by Gasteiger charge is 2.39. The maximum Gasteiger partial charge on any atom is 0.233 e. The molecule has 27 heavy (non-hydrogen) atoms. The molecular weight excluding hydrogens is 332 g/mol. The standard InChI is InChI=1S/C24H48N2O/c1-4-5-6-7-10-13-16-21(2)23-19-22(23)17-14-11-8-9-12-15-18-26-24(27)20-25-3/h21-23,25H,4-20H2,1-3H3,(H,26,27). The van der Waals surface area contributed by atoms with Gasteiger partial charge in [0.2, 0.25) is 5.91 Å². The Morgan fingerprint density at radius 2 is 1.56 bits per heavy atom. The van der Waals surface area contributed by atoms with Gasteiger partial charge in [0.05, 0.1) is 6.54 Å². The van der Waals surface area contributed by atoms with Crippen molar-refractivity contribution in [3.8, 4) is 0 Å². The van der Waals surface area contributed by atoms with E-state index in [1.807, 2.05) is 0 Å². The molecule has 0 spiro atoms. The lowest BCUT2D eigenvalue weighted by molar-refractivity contribution is -0.120. The summed E-state index contributed by atoms with van der Waals surface area (Å²) >= 11 is 0. The highest BCUT2D eigenvalue weighted by Crippen LogP contribution is 2.48. The Balaban J connectivity index is 1.83. The highest BCUT2D eigenvalue weighted by atomic mass is 16.1. The van der Waals surface area contributed by atoms with Gasteiger partial charge in [-0.05, 0) is 37.6 Å². The number of carbonyl (C=O) groups excluding carboxylic acids is 1. The summed E-state index contributed by atoms with van der Waals surface area (Å²) in [5.74, 6) is 3.20. The minimum absolute atomic E-state index is 0.113. The van der Waals surface area contributed by atoms with Crippen molar-refractivity contribution < 1.29 is 4.79 Å². The predicted molar refractivity (Wildman–Crippen MR) is 118 cm³/mol. The van der Waals surface area contributed by atoms with Gasteiger partial charge < -0.3 is 10.6 Å². The summed E-state index contributed by atoms with van der Waals surface area (Å²) in [7, 11) is 1.81. The number of hydrogen-bond acceptors (Lipinski definition) is 2. The van der Waals surface area contributed by atoms with Crippen LogP contribution >= 0.6 is 0 Å². The van der Waals surface area contributed by atoms with Crippen LogP contribution in [0, 0.1) is 17.8 Å². The van der Waals surface area contributed by atoms with Gasteiger partial charge in [-0.15, -0.1) is 0 Å². The van der Waals surface area contributed by atoms with E-state index in [0.717, 1.165) is 30.7 Å². The van der Waals surface area contributed by atoms with E-state index in [1.165, 1.54) is 89.9 Å². The second-order valence-corrected chi connectivity index (χ2v) is 8.98. The Kier molecular flexibility index (Phi) is 14.9. The minimum atomic E-state index is 0.113. The van der Waals surface area contributed by atoms with Crippen LogP contribution in [0.15, 0.2) is 0 Å². The smallest absolute Gasteiger partial charge is 0.233 e. The molecule has 1 amide bonds. The van der Waals surface area contributed by atoms with Gasteiger partial charge in [0.25, 0.3) is 0 Å². The summed E-state index contributed by atoms with van der Waals surface area (Å²) in [4.78, 5) is 11.3. The van der Waals surface area contributed by atoms with Crippen LogP contribution in [0.2, 0.25) is 0 Å². The average Bonchev–Trinajstić information content (AvgIpc) is 3.43. The van der Waals surface area contributed by atoms with Gasteiger partial charge in [-0.1, -0.05) is 97.3 Å². The molecule has 3 heteroatoms. The molecule has 0 aromatic carbocycles. The first kappa shape index (κ1) is 24.5. The Morgan fingerprint density at radius 3 is 2.26 bits per heavy atom. The molecule has 3 nitrogen and oxygen atoms in total. The Labute approximate surface area is 169 Å². The molecule has 0 heterocycles. The predicted octanol–water partition coefficient (Wildman–Crippen LogP) is 6.08. The molecule has 1 fully saturated rings. The van der Waals surface area contributed by atoms with Crippen LogP contribution in [0.25, 0.3) is 0 Å². The fourth-order valence-electron chi connectivity index (χ4n) is 4.45. The summed E-state index contributed by atoms with van der Waals surface area (Å²) in [5.41, 5.74) is 0. The van der Waals surface area contributed by atoms with Gasteiger partial charge in [0, 0.05) is 6.54 Å². The van der Waals surface area contributed by atoms with Gasteiger partial charge in [-0.3, -0.25) is 4.79 Å². The second kappa shape index (κ2) is 16.4. The van der Waals surface area contributed by atoms with Gasteiger partial charge in [-0.2, -0.15) is 0 Å². The van der Waals surface area contributed by atoms with Crippen LogP contribution in [-0.2, 0) is 4.79 Å². The molecule has 0 aromatic rings. The lowest BCUT2D eigenvalue weighted by Crippen LogP contribution is -2.32. The lowest BCUT2D eigenvalue weighted by Gasteiger charge is -2.11. The van der Waals surface area contributed by atoms with Crippen molar-refractivity contribution in [2.75, 3.05) is 20.1 Å². The molecule has 1 aliphatic rings. The molecule has 0 bridgehead atoms. The van der Waals surface area contributed by atoms with Crippen LogP contribution in [0.1, 0.15) is 110 Å². The van der Waals surface area contributed by atoms with Crippen molar-refractivity contribution in [3.05, 3.63) is 0 Å². The maximum atomic E-state index is 11.3. The number of nitrogens with one attached hydrogen (secondary N) is 2. The SMILES string of the molecule is CCCCCCCCC(C)C1CC1CCCCCCCCNC(=O)CNC. The van der Waals surface area contributed by atoms with E-state index in [1.54, 1.807) is 7.05 Å². The first-order valence-electron chi connectivity index (χ1n) is 12.1. The third kappa shape index (κ3) is 13.3. The minimum Gasteiger partial charge on any atom is -0.355 e. The summed E-state index contributed by atoms with van der Waals surface area (Å²) in [6.07, 6.45) is 21.0. The first-order valence-corrected chi connectivity index (χ1v) is 12.1. The van der Waals surface area contributed by atoms with Crippen molar-refractivity contribution in [2.24, 2.45) is 17.8 Å². The molecule has 0 radical (unpaired) electrons. The zero-order valence-corrected chi connectivity index (χ0v) is 18.7. The molecule has 1 rings (SSSR count). The molecule has 3 unspecified atom stereocenters. The van der Waals surface area contributed by atoms with E-state index in [0.29, 0.717) is 6.54 Å². The molecule has 0 aliphatic heterocycles. The van der Waals surface area contributed by atoms with Crippen molar-refractivity contribution in [3.63, 3.8) is 0 Å². The Bertz CT molecular complexity index is 358. The summed E-state index contributed by atoms with van der Waals surface area (Å²) < 4.78 is 0. The largest absolute Gasteiger partial charge is 0.355 e. The Hall–Kier alpha value is -0.570. The summed E-state index contributed by atoms with van der Waals surface area (Å²) in [5, 5.41) is 5.82. The number of likely N-dealkylation sites (N-methyl/N-ethyl adjacent to an activating group) is 1. The molecule has 0 aromatic heterocycles. The maximum absolute atomic E-state index is 11.3. The van der Waals surface area contributed by atoms with Crippen LogP contribution in [0.4, 0.5) is 0 Å². The van der Waals surface area contributed by atoms with Crippen LogP contribution in [0.5, 0.6) is 0 Å². The quantitative estimate of drug-likeness (QED) is 0.267. The van der Waals surface area contributed by atoms with Crippen LogP contribution < -0.4 is 10.6 Å². The van der Waals surface area contributed by atoms with Gasteiger partial charge in [0.1, 0.15) is 0 Å². The van der Waals surface area contributed by atoms with Gasteiger partial charge in [-0.25, -0.2) is 0 Å². The monoisotopic (exact) mass is 380 g/mol. The van der Waals surface area contributed by atoms with Crippen LogP contribution in [-0.4, -0.2) is 26.0 Å². The second-order valence-electron chi connectivity index (χ2n) is 8.98. The number of rotatable bonds is 19. The molecule has 160 valence electrons. The van der Waals surface area contributed by atoms with E-state index in [2.05, 4.69) is 24.5 Å². The molecule has 2 N–H and O–H groups in total. The summed E-state index contributed by atoms with van der Waals surface area (Å²) in [6.45, 7) is 6.07. The molecule has 1 saturated carbocycles. The molecular formula is C24H48N2O. The average molecular weight is 381 g/mol. The number of hydrogen-bond donors (Lipinski definition) is 2. The Morgan fingerprint density at radius 1 is 0.926 bits per heavy atom. The lowest BCUT2D eigenvalue weighted by atomic mass is 9.95. The zero-order valence-electron chi connectivity index (χ0n) is 18.7. The summed E-state index contributed by atoms with van der Waals surface area (Å²) in [6, 6.07) is 0. The molecule has 0 saturated heterocycles. The van der Waals surface area contributed by atoms with Gasteiger partial charge in [0.15, 0.2) is 0 Å². The zero-order chi connectivity index (χ0) is 19.7. The highest BCUT2D eigenvalue weighted by molar-refractivity contribution is 5.77. The molecule has 1 aliphatic carbocycles. The van der Waals surface area contributed by atoms with Crippen molar-refractivity contribution in [1.82, 2.24) is 10.6 Å². The van der Waals surface area contributed by atoms with E-state index in [9.17, 15) is 4.79 Å². The topological polar surface area (TPSA) is 41.1 Å². The normalized spacial score (nSPS) is 19.8. The van der Waals surface area contributed by atoms with Crippen LogP contribution in [0.3, 0.4) is 0 Å². The van der Waals surface area contributed by atoms with Crippen molar-refractivity contribution >= 4 is 5.91 Å². The van der Waals surface area contributed by atoms with E-state index >= 15 is 0 Å². The third-order valence-electron chi connectivity index (χ3n) is 6.38. The van der Waals surface area contributed by atoms with Crippen molar-refractivity contribution in [2.45, 2.75) is 110 Å². The number of unbranched alkanes of at least 4 members (excludes halogenated alkanes) is 10. The van der Waals surface area contributed by atoms with E-state index in [-0.39, 0.29) is 5.91 Å². The van der Waals surface area contributed by atoms with E-state index in [4.69, 9.17) is 0 Å². The fraction of sp³-hybridized carbons (Fsp3) is 0.958. The number of carbonyl (C=O) groups is 1. The molecule has 3 atom stereocenters. The number of amides is 1. The fourth-order valence-corrected chi connectivity index (χ4v) is 4.45.